The van der Waals surface area contributed by atoms with Crippen molar-refractivity contribution in [1.82, 2.24) is 9.80 Å². The van der Waals surface area contributed by atoms with Gasteiger partial charge >= 0.3 is 0 Å². The molecule has 1 atom stereocenters. The minimum absolute atomic E-state index is 0.112. The molecule has 2 heterocycles. The fourth-order valence-corrected chi connectivity index (χ4v) is 3.58. The van der Waals surface area contributed by atoms with E-state index in [-0.39, 0.29) is 30.4 Å². The van der Waals surface area contributed by atoms with Crippen LogP contribution in [-0.2, 0) is 9.59 Å². The number of likely N-dealkylation sites (tertiary alicyclic amines) is 1. The zero-order valence-electron chi connectivity index (χ0n) is 14.2. The molecule has 0 aliphatic carbocycles. The Morgan fingerprint density at radius 1 is 1.17 bits per heavy atom. The summed E-state index contributed by atoms with van der Waals surface area (Å²) in [5.74, 6) is -0.283. The summed E-state index contributed by atoms with van der Waals surface area (Å²) in [4.78, 5) is 29.3. The minimum atomic E-state index is -0.220. The lowest BCUT2D eigenvalue weighted by Crippen LogP contribution is -2.42. The van der Waals surface area contributed by atoms with E-state index in [0.717, 1.165) is 24.9 Å². The number of nitrogens with zero attached hydrogens (tertiary/aromatic N) is 2. The predicted molar refractivity (Wildman–Crippen MR) is 91.7 cm³/mol. The maximum absolute atomic E-state index is 13.0. The van der Waals surface area contributed by atoms with Crippen LogP contribution in [0.25, 0.3) is 5.57 Å². The molecule has 5 heteroatoms. The Labute approximate surface area is 142 Å². The lowest BCUT2D eigenvalue weighted by Gasteiger charge is -2.34. The lowest BCUT2D eigenvalue weighted by atomic mass is 9.97. The molecule has 2 aliphatic rings. The van der Waals surface area contributed by atoms with Crippen LogP contribution in [0.3, 0.4) is 0 Å². The highest BCUT2D eigenvalue weighted by atomic mass is 16.3. The summed E-state index contributed by atoms with van der Waals surface area (Å²) >= 11 is 0. The van der Waals surface area contributed by atoms with Gasteiger partial charge in [0.1, 0.15) is 5.70 Å². The first-order valence-electron chi connectivity index (χ1n) is 8.58. The third-order valence-corrected chi connectivity index (χ3v) is 4.76. The van der Waals surface area contributed by atoms with E-state index in [1.54, 1.807) is 0 Å². The van der Waals surface area contributed by atoms with E-state index in [4.69, 9.17) is 0 Å². The van der Waals surface area contributed by atoms with Crippen molar-refractivity contribution < 1.29 is 14.7 Å². The number of hydrogen-bond donors (Lipinski definition) is 1. The van der Waals surface area contributed by atoms with Gasteiger partial charge in [-0.05, 0) is 38.2 Å². The SMILES string of the molecule is CC(C)N1C(=O)C(c2ccccc2)=C(N2CCCC(CO)C2)C1=O. The molecule has 24 heavy (non-hydrogen) atoms. The molecule has 1 fully saturated rings. The number of piperidine rings is 1. The average Bonchev–Trinajstić information content (AvgIpc) is 2.86. The largest absolute Gasteiger partial charge is 0.396 e. The van der Waals surface area contributed by atoms with Crippen LogP contribution in [0.15, 0.2) is 36.0 Å². The van der Waals surface area contributed by atoms with E-state index in [9.17, 15) is 14.7 Å². The van der Waals surface area contributed by atoms with Gasteiger partial charge in [0.25, 0.3) is 11.8 Å². The number of aliphatic hydroxyl groups is 1. The molecular formula is C19H24N2O3. The van der Waals surface area contributed by atoms with Gasteiger partial charge in [-0.25, -0.2) is 0 Å². The second-order valence-corrected chi connectivity index (χ2v) is 6.80. The van der Waals surface area contributed by atoms with Gasteiger partial charge in [-0.1, -0.05) is 30.3 Å². The van der Waals surface area contributed by atoms with Crippen LogP contribution in [0.4, 0.5) is 0 Å². The minimum Gasteiger partial charge on any atom is -0.396 e. The molecule has 128 valence electrons. The lowest BCUT2D eigenvalue weighted by molar-refractivity contribution is -0.139. The Morgan fingerprint density at radius 2 is 1.88 bits per heavy atom. The van der Waals surface area contributed by atoms with E-state index in [2.05, 4.69) is 0 Å². The maximum atomic E-state index is 13.0. The number of rotatable bonds is 4. The summed E-state index contributed by atoms with van der Waals surface area (Å²) in [6, 6.07) is 9.22. The smallest absolute Gasteiger partial charge is 0.278 e. The summed E-state index contributed by atoms with van der Waals surface area (Å²) in [6.07, 6.45) is 1.87. The number of carbonyl (C=O) groups excluding carboxylic acids is 2. The van der Waals surface area contributed by atoms with Gasteiger partial charge in [-0.15, -0.1) is 0 Å². The molecule has 1 saturated heterocycles. The first-order valence-corrected chi connectivity index (χ1v) is 8.58. The number of amides is 2. The standard InChI is InChI=1S/C19H24N2O3/c1-13(2)21-18(23)16(15-8-4-3-5-9-15)17(19(21)24)20-10-6-7-14(11-20)12-22/h3-5,8-9,13-14,22H,6-7,10-12H2,1-2H3. The Bertz CT molecular complexity index is 666. The van der Waals surface area contributed by atoms with Gasteiger partial charge in [0.15, 0.2) is 0 Å². The fraction of sp³-hybridized carbons (Fsp3) is 0.474. The van der Waals surface area contributed by atoms with Crippen LogP contribution in [0.5, 0.6) is 0 Å². The van der Waals surface area contributed by atoms with Crippen LogP contribution >= 0.6 is 0 Å². The van der Waals surface area contributed by atoms with Crippen LogP contribution in [0, 0.1) is 5.92 Å². The fourth-order valence-electron chi connectivity index (χ4n) is 3.58. The maximum Gasteiger partial charge on any atom is 0.278 e. The van der Waals surface area contributed by atoms with E-state index in [1.165, 1.54) is 4.90 Å². The molecule has 0 spiro atoms. The second-order valence-electron chi connectivity index (χ2n) is 6.80. The van der Waals surface area contributed by atoms with Crippen molar-refractivity contribution >= 4 is 17.4 Å². The number of benzene rings is 1. The third-order valence-electron chi connectivity index (χ3n) is 4.76. The molecule has 0 saturated carbocycles. The highest BCUT2D eigenvalue weighted by molar-refractivity contribution is 6.35. The summed E-state index contributed by atoms with van der Waals surface area (Å²) in [6.45, 7) is 5.18. The van der Waals surface area contributed by atoms with Crippen LogP contribution in [-0.4, -0.2) is 52.5 Å². The molecule has 1 aromatic carbocycles. The van der Waals surface area contributed by atoms with Gasteiger partial charge in [0.05, 0.1) is 5.57 Å². The number of aliphatic hydroxyl groups excluding tert-OH is 1. The predicted octanol–water partition coefficient (Wildman–Crippen LogP) is 1.88. The summed E-state index contributed by atoms with van der Waals surface area (Å²) in [5, 5.41) is 9.49. The van der Waals surface area contributed by atoms with Gasteiger partial charge in [0.2, 0.25) is 0 Å². The molecule has 3 rings (SSSR count). The summed E-state index contributed by atoms with van der Waals surface area (Å²) in [5.41, 5.74) is 1.77. The number of imide groups is 1. The zero-order chi connectivity index (χ0) is 17.3. The van der Waals surface area contributed by atoms with Crippen LogP contribution < -0.4 is 0 Å². The van der Waals surface area contributed by atoms with E-state index in [0.29, 0.717) is 17.8 Å². The van der Waals surface area contributed by atoms with Gasteiger partial charge in [0, 0.05) is 25.7 Å². The first-order chi connectivity index (χ1) is 11.5. The van der Waals surface area contributed by atoms with E-state index < -0.39 is 0 Å². The van der Waals surface area contributed by atoms with Crippen LogP contribution in [0.1, 0.15) is 32.3 Å². The average molecular weight is 328 g/mol. The van der Waals surface area contributed by atoms with Crippen molar-refractivity contribution in [2.75, 3.05) is 19.7 Å². The molecule has 0 aromatic heterocycles. The van der Waals surface area contributed by atoms with Gasteiger partial charge in [-0.2, -0.15) is 0 Å². The quantitative estimate of drug-likeness (QED) is 0.857. The normalized spacial score (nSPS) is 22.1. The van der Waals surface area contributed by atoms with Gasteiger partial charge in [-0.3, -0.25) is 14.5 Å². The third kappa shape index (κ3) is 2.84. The second kappa shape index (κ2) is 6.77. The Kier molecular flexibility index (Phi) is 4.71. The molecule has 0 bridgehead atoms. The first kappa shape index (κ1) is 16.7. The Hall–Kier alpha value is -2.14. The van der Waals surface area contributed by atoms with Gasteiger partial charge < -0.3 is 10.0 Å². The Balaban J connectivity index is 2.06. The molecular weight excluding hydrogens is 304 g/mol. The van der Waals surface area contributed by atoms with Crippen molar-refractivity contribution in [3.63, 3.8) is 0 Å². The molecule has 1 unspecified atom stereocenters. The highest BCUT2D eigenvalue weighted by Gasteiger charge is 2.43. The van der Waals surface area contributed by atoms with Crippen molar-refractivity contribution in [1.29, 1.82) is 0 Å². The van der Waals surface area contributed by atoms with Crippen molar-refractivity contribution in [2.24, 2.45) is 5.92 Å². The molecule has 2 aliphatic heterocycles. The van der Waals surface area contributed by atoms with Crippen molar-refractivity contribution in [3.8, 4) is 0 Å². The van der Waals surface area contributed by atoms with Crippen molar-refractivity contribution in [2.45, 2.75) is 32.7 Å². The molecule has 2 amide bonds. The molecule has 1 N–H and O–H groups in total. The summed E-state index contributed by atoms with van der Waals surface area (Å²) < 4.78 is 0. The van der Waals surface area contributed by atoms with Crippen molar-refractivity contribution in [3.05, 3.63) is 41.6 Å². The topological polar surface area (TPSA) is 60.9 Å². The zero-order valence-corrected chi connectivity index (χ0v) is 14.2. The molecule has 1 aromatic rings. The van der Waals surface area contributed by atoms with E-state index in [1.807, 2.05) is 49.1 Å². The monoisotopic (exact) mass is 328 g/mol. The summed E-state index contributed by atoms with van der Waals surface area (Å²) in [7, 11) is 0. The Morgan fingerprint density at radius 3 is 2.50 bits per heavy atom. The number of hydrogen-bond acceptors (Lipinski definition) is 4. The van der Waals surface area contributed by atoms with E-state index >= 15 is 0 Å². The van der Waals surface area contributed by atoms with Crippen LogP contribution in [0.2, 0.25) is 0 Å². The number of carbonyl (C=O) groups is 2. The highest BCUT2D eigenvalue weighted by Crippen LogP contribution is 2.34. The molecule has 0 radical (unpaired) electrons. The molecule has 5 nitrogen and oxygen atoms in total.